The van der Waals surface area contributed by atoms with Crippen LogP contribution in [0.5, 0.6) is 5.75 Å². The smallest absolute Gasteiger partial charge is 0.411 e. The summed E-state index contributed by atoms with van der Waals surface area (Å²) in [6.07, 6.45) is 0.431. The van der Waals surface area contributed by atoms with Gasteiger partial charge in [-0.2, -0.15) is 13.2 Å². The predicted octanol–water partition coefficient (Wildman–Crippen LogP) is 5.13. The van der Waals surface area contributed by atoms with E-state index in [0.717, 1.165) is 4.90 Å². The fourth-order valence-corrected chi connectivity index (χ4v) is 9.64. The Balaban J connectivity index is 1.40. The number of nitrogens with zero attached hydrogens (tertiary/aromatic N) is 4. The Kier molecular flexibility index (Phi) is 11.0. The number of rotatable bonds is 8. The lowest BCUT2D eigenvalue weighted by molar-refractivity contribution is -0.222. The molecule has 4 heterocycles. The average molecular weight is 825 g/mol. The zero-order valence-electron chi connectivity index (χ0n) is 31.7. The summed E-state index contributed by atoms with van der Waals surface area (Å²) in [6, 6.07) is -0.153. The second-order valence-electron chi connectivity index (χ2n) is 16.3. The number of alkyl halides is 3. The molecule has 2 aliphatic carbocycles. The number of hydrogen-bond acceptors (Lipinski definition) is 10. The van der Waals surface area contributed by atoms with Crippen LogP contribution in [0.3, 0.4) is 0 Å². The minimum Gasteiger partial charge on any atom is -0.488 e. The first-order valence-electron chi connectivity index (χ1n) is 18.6. The van der Waals surface area contributed by atoms with Crippen molar-refractivity contribution in [2.24, 2.45) is 17.8 Å². The van der Waals surface area contributed by atoms with E-state index in [1.807, 2.05) is 13.0 Å². The van der Waals surface area contributed by atoms with Gasteiger partial charge in [0.2, 0.25) is 21.8 Å². The minimum absolute atomic E-state index is 0.0617. The van der Waals surface area contributed by atoms with E-state index < -0.39 is 85.9 Å². The van der Waals surface area contributed by atoms with Crippen LogP contribution in [0.2, 0.25) is 0 Å². The summed E-state index contributed by atoms with van der Waals surface area (Å²) in [4.78, 5) is 65.9. The van der Waals surface area contributed by atoms with E-state index in [4.69, 9.17) is 4.74 Å². The molecule has 4 aliphatic rings. The summed E-state index contributed by atoms with van der Waals surface area (Å²) in [5.41, 5.74) is -4.23. The molecule has 19 heteroatoms. The Bertz CT molecular complexity index is 1990. The predicted molar refractivity (Wildman–Crippen MR) is 199 cm³/mol. The van der Waals surface area contributed by atoms with E-state index in [-0.39, 0.29) is 36.6 Å². The molecule has 0 spiro atoms. The van der Waals surface area contributed by atoms with Gasteiger partial charge in [0, 0.05) is 36.2 Å². The summed E-state index contributed by atoms with van der Waals surface area (Å²) in [6.45, 7) is 5.97. The highest BCUT2D eigenvalue weighted by molar-refractivity contribution is 7.91. The highest BCUT2D eigenvalue weighted by Gasteiger charge is 2.64. The molecule has 2 aromatic rings. The first-order valence-corrected chi connectivity index (χ1v) is 20.9. The van der Waals surface area contributed by atoms with E-state index in [0.29, 0.717) is 56.0 Å². The van der Waals surface area contributed by atoms with Gasteiger partial charge in [-0.1, -0.05) is 26.0 Å². The second-order valence-corrected chi connectivity index (χ2v) is 19.4. The highest BCUT2D eigenvalue weighted by atomic mass is 32.2. The van der Waals surface area contributed by atoms with Gasteiger partial charge >= 0.3 is 12.3 Å². The molecule has 14 nitrogen and oxygen atoms in total. The molecule has 56 heavy (non-hydrogen) atoms. The Morgan fingerprint density at radius 3 is 2.48 bits per heavy atom. The maximum Gasteiger partial charge on any atom is 0.411 e. The molecule has 306 valence electrons. The molecular weight excluding hydrogens is 778 g/mol. The van der Waals surface area contributed by atoms with Crippen molar-refractivity contribution in [1.82, 2.24) is 29.8 Å². The number of nitrogens with one attached hydrogen (secondary N) is 2. The van der Waals surface area contributed by atoms with Crippen LogP contribution in [0.25, 0.3) is 10.7 Å². The van der Waals surface area contributed by atoms with E-state index in [2.05, 4.69) is 20.0 Å². The lowest BCUT2D eigenvalue weighted by Gasteiger charge is -2.45. The molecule has 0 aromatic carbocycles. The van der Waals surface area contributed by atoms with Crippen LogP contribution in [0.1, 0.15) is 79.6 Å². The molecule has 7 atom stereocenters. The average Bonchev–Trinajstić information content (AvgIpc) is 3.85. The normalized spacial score (nSPS) is 29.5. The highest BCUT2D eigenvalue weighted by Crippen LogP contribution is 2.48. The fourth-order valence-electron chi connectivity index (χ4n) is 7.73. The molecule has 2 saturated carbocycles. The summed E-state index contributed by atoms with van der Waals surface area (Å²) in [7, 11) is -4.11. The van der Waals surface area contributed by atoms with Crippen molar-refractivity contribution in [2.45, 2.75) is 120 Å². The zero-order valence-corrected chi connectivity index (χ0v) is 33.3. The molecule has 2 aromatic heterocycles. The van der Waals surface area contributed by atoms with E-state index in [1.54, 1.807) is 29.8 Å². The van der Waals surface area contributed by atoms with Crippen LogP contribution in [0.15, 0.2) is 42.1 Å². The molecule has 1 saturated heterocycles. The largest absolute Gasteiger partial charge is 0.488 e. The van der Waals surface area contributed by atoms with Crippen molar-refractivity contribution in [2.75, 3.05) is 6.54 Å². The number of fused-ring (bicyclic) bond motifs is 2. The number of thiazole rings is 1. The number of carbonyl (C=O) groups excluding carboxylic acids is 3. The van der Waals surface area contributed by atoms with Gasteiger partial charge in [0.1, 0.15) is 45.7 Å². The Morgan fingerprint density at radius 1 is 1.14 bits per heavy atom. The number of amides is 4. The van der Waals surface area contributed by atoms with Gasteiger partial charge in [0.15, 0.2) is 0 Å². The van der Waals surface area contributed by atoms with E-state index >= 15 is 0 Å². The van der Waals surface area contributed by atoms with Crippen molar-refractivity contribution in [3.05, 3.63) is 42.1 Å². The number of sulfonamides is 1. The van der Waals surface area contributed by atoms with Crippen molar-refractivity contribution in [1.29, 1.82) is 0 Å². The Morgan fingerprint density at radius 2 is 1.86 bits per heavy atom. The first kappa shape index (κ1) is 41.4. The second kappa shape index (κ2) is 14.9. The van der Waals surface area contributed by atoms with Crippen LogP contribution in [-0.4, -0.2) is 104 Å². The van der Waals surface area contributed by atoms with Crippen molar-refractivity contribution >= 4 is 45.2 Å². The summed E-state index contributed by atoms with van der Waals surface area (Å²) >= 11 is 1.34. The minimum atomic E-state index is -5.08. The summed E-state index contributed by atoms with van der Waals surface area (Å²) in [5, 5.41) is 15.5. The van der Waals surface area contributed by atoms with Crippen molar-refractivity contribution < 1.29 is 50.6 Å². The number of carbonyl (C=O) groups is 4. The third kappa shape index (κ3) is 7.97. The van der Waals surface area contributed by atoms with Crippen molar-refractivity contribution in [3.63, 3.8) is 0 Å². The number of hydrogen-bond donors (Lipinski definition) is 3. The van der Waals surface area contributed by atoms with Crippen LogP contribution in [0.4, 0.5) is 18.0 Å². The molecule has 0 bridgehead atoms. The molecular formula is C37H47F3N6O8S2. The number of allylic oxidation sites excluding steroid dienone is 1. The third-order valence-corrected chi connectivity index (χ3v) is 14.6. The van der Waals surface area contributed by atoms with Gasteiger partial charge < -0.3 is 20.1 Å². The molecule has 0 radical (unpaired) electrons. The molecule has 3 N–H and O–H groups in total. The lowest BCUT2D eigenvalue weighted by Crippen LogP contribution is -2.66. The number of pyridine rings is 1. The molecule has 2 aliphatic heterocycles. The van der Waals surface area contributed by atoms with E-state index in [1.165, 1.54) is 31.4 Å². The van der Waals surface area contributed by atoms with Crippen molar-refractivity contribution in [3.8, 4) is 16.5 Å². The SMILES string of the molecule is C[C@@H]1CCC=C[C@@H]2C[C@@]2(C(=O)NS(=O)(=O)C2(C)CC2)NC(=O)[C@@H]2C[C@@H](Oc3ccnc(-c4nccs4)c3)CN2C(=O)[C@@H](N(C(=O)O)C(C)(C)C(F)(F)F)[C@H](C)C1. The van der Waals surface area contributed by atoms with Crippen LogP contribution in [0, 0.1) is 17.8 Å². The number of ether oxygens (including phenoxy) is 1. The van der Waals surface area contributed by atoms with Gasteiger partial charge in [-0.25, -0.2) is 18.2 Å². The fraction of sp³-hybridized carbons (Fsp3) is 0.622. The Hall–Kier alpha value is -4.26. The summed E-state index contributed by atoms with van der Waals surface area (Å²) < 4.78 is 77.5. The molecule has 4 amide bonds. The molecule has 0 unspecified atom stereocenters. The summed E-state index contributed by atoms with van der Waals surface area (Å²) in [5.74, 6) is -4.23. The van der Waals surface area contributed by atoms with Crippen LogP contribution >= 0.6 is 11.3 Å². The standard InChI is InChI=1S/C37H47F3N6O8S2/c1-21-8-6-7-9-23-19-36(23,32(49)44-56(52,53)35(5)11-12-35)43-29(47)27-18-25(54-24-10-13-41-26(17-24)30-42-14-15-55-30)20-45(27)31(48)28(22(2)16-21)46(33(50)51)34(3,4)37(38,39)40/h7,9-10,13-15,17,21-23,25,27-28H,6,8,11-12,16,18-20H2,1-5H3,(H,43,47)(H,44,49)(H,50,51)/t21-,22-,23-,25-,27+,28+,36-/m1/s1. The van der Waals surface area contributed by atoms with Crippen LogP contribution in [-0.2, 0) is 24.4 Å². The molecule has 3 fully saturated rings. The molecule has 6 rings (SSSR count). The van der Waals surface area contributed by atoms with E-state index in [9.17, 15) is 45.9 Å². The zero-order chi connectivity index (χ0) is 41.0. The first-order chi connectivity index (χ1) is 26.1. The topological polar surface area (TPSA) is 188 Å². The maximum absolute atomic E-state index is 14.9. The maximum atomic E-state index is 14.9. The number of carboxylic acid groups (broad SMARTS) is 1. The third-order valence-electron chi connectivity index (χ3n) is 11.7. The van der Waals surface area contributed by atoms with Gasteiger partial charge in [-0.05, 0) is 77.2 Å². The van der Waals surface area contributed by atoms with Gasteiger partial charge in [0.05, 0.1) is 11.3 Å². The van der Waals surface area contributed by atoms with Crippen LogP contribution < -0.4 is 14.8 Å². The number of halogens is 3. The lowest BCUT2D eigenvalue weighted by atomic mass is 9.85. The quantitative estimate of drug-likeness (QED) is 0.301. The number of aromatic nitrogens is 2. The van der Waals surface area contributed by atoms with Gasteiger partial charge in [-0.15, -0.1) is 11.3 Å². The Labute approximate surface area is 327 Å². The monoisotopic (exact) mass is 824 g/mol. The van der Waals surface area contributed by atoms with Gasteiger partial charge in [-0.3, -0.25) is 29.0 Å². The van der Waals surface area contributed by atoms with Gasteiger partial charge in [0.25, 0.3) is 5.91 Å².